The van der Waals surface area contributed by atoms with Crippen molar-refractivity contribution in [1.82, 2.24) is 34.4 Å². The SMILES string of the molecule is Cn1cc2c(Cl)c(-c3c[nH]c4nc(N5CCC6CNC6C5)n5ccnc5c34)ccc2n1. The highest BCUT2D eigenvalue weighted by molar-refractivity contribution is 6.38. The predicted octanol–water partition coefficient (Wildman–Crippen LogP) is 3.22. The van der Waals surface area contributed by atoms with Crippen LogP contribution in [0.1, 0.15) is 6.42 Å². The van der Waals surface area contributed by atoms with Crippen LogP contribution in [0.4, 0.5) is 5.95 Å². The zero-order chi connectivity index (χ0) is 20.7. The number of aryl methyl sites for hydroxylation is 1. The maximum atomic E-state index is 6.83. The summed E-state index contributed by atoms with van der Waals surface area (Å²) in [6, 6.07) is 4.60. The molecule has 156 valence electrons. The number of rotatable bonds is 2. The van der Waals surface area contributed by atoms with Gasteiger partial charge in [-0.2, -0.15) is 10.1 Å². The molecule has 0 amide bonds. The maximum absolute atomic E-state index is 6.83. The number of piperidine rings is 1. The van der Waals surface area contributed by atoms with E-state index in [0.29, 0.717) is 11.1 Å². The summed E-state index contributed by atoms with van der Waals surface area (Å²) in [6.45, 7) is 3.15. The van der Waals surface area contributed by atoms with Crippen LogP contribution in [0.5, 0.6) is 0 Å². The van der Waals surface area contributed by atoms with Gasteiger partial charge in [0.15, 0.2) is 5.65 Å². The Labute approximate surface area is 182 Å². The average molecular weight is 433 g/mol. The van der Waals surface area contributed by atoms with Gasteiger partial charge < -0.3 is 15.2 Å². The molecule has 9 heteroatoms. The van der Waals surface area contributed by atoms with Crippen molar-refractivity contribution < 1.29 is 0 Å². The van der Waals surface area contributed by atoms with Crippen molar-refractivity contribution in [2.24, 2.45) is 13.0 Å². The molecule has 6 heterocycles. The monoisotopic (exact) mass is 432 g/mol. The standard InChI is InChI=1S/C22H21ClN8/c1-29-10-15-16(28-29)3-2-13(19(15)23)14-9-26-20-18(14)21-24-5-7-31(21)22(27-20)30-6-4-12-8-25-17(12)11-30/h2-3,5,7,9-10,12,17,25-26H,4,6,8,11H2,1H3. The fourth-order valence-corrected chi connectivity index (χ4v) is 5.46. The van der Waals surface area contributed by atoms with Crippen LogP contribution < -0.4 is 10.2 Å². The van der Waals surface area contributed by atoms with Crippen molar-refractivity contribution in [3.8, 4) is 11.1 Å². The number of nitrogens with one attached hydrogen (secondary N) is 2. The molecule has 2 N–H and O–H groups in total. The molecular formula is C22H21ClN8. The van der Waals surface area contributed by atoms with E-state index in [2.05, 4.69) is 24.7 Å². The Morgan fingerprint density at radius 3 is 3.00 bits per heavy atom. The molecule has 0 saturated carbocycles. The zero-order valence-electron chi connectivity index (χ0n) is 17.0. The predicted molar refractivity (Wildman–Crippen MR) is 122 cm³/mol. The van der Waals surface area contributed by atoms with Gasteiger partial charge >= 0.3 is 0 Å². The lowest BCUT2D eigenvalue weighted by Crippen LogP contribution is -2.62. The molecule has 1 aromatic carbocycles. The highest BCUT2D eigenvalue weighted by atomic mass is 35.5. The molecule has 2 fully saturated rings. The van der Waals surface area contributed by atoms with Gasteiger partial charge in [-0.25, -0.2) is 4.98 Å². The Morgan fingerprint density at radius 2 is 2.16 bits per heavy atom. The van der Waals surface area contributed by atoms with Gasteiger partial charge in [-0.05, 0) is 24.9 Å². The van der Waals surface area contributed by atoms with E-state index in [9.17, 15) is 0 Å². The van der Waals surface area contributed by atoms with Gasteiger partial charge in [-0.1, -0.05) is 17.7 Å². The van der Waals surface area contributed by atoms with Crippen LogP contribution >= 0.6 is 11.6 Å². The third-order valence-electron chi connectivity index (χ3n) is 6.86. The second-order valence-electron chi connectivity index (χ2n) is 8.63. The van der Waals surface area contributed by atoms with E-state index in [1.165, 1.54) is 6.42 Å². The molecule has 2 aliphatic heterocycles. The van der Waals surface area contributed by atoms with E-state index < -0.39 is 0 Å². The average Bonchev–Trinajstić information content (AvgIpc) is 3.46. The molecule has 7 rings (SSSR count). The molecule has 0 radical (unpaired) electrons. The summed E-state index contributed by atoms with van der Waals surface area (Å²) in [5, 5.41) is 10.6. The first-order chi connectivity index (χ1) is 15.2. The number of imidazole rings is 1. The first-order valence-electron chi connectivity index (χ1n) is 10.6. The fraction of sp³-hybridized carbons (Fsp3) is 0.318. The van der Waals surface area contributed by atoms with Gasteiger partial charge in [0.1, 0.15) is 5.65 Å². The van der Waals surface area contributed by atoms with Crippen molar-refractivity contribution in [3.63, 3.8) is 0 Å². The maximum Gasteiger partial charge on any atom is 0.213 e. The van der Waals surface area contributed by atoms with Crippen molar-refractivity contribution in [3.05, 3.63) is 41.9 Å². The minimum absolute atomic E-state index is 0.564. The number of fused-ring (bicyclic) bond motifs is 5. The Bertz CT molecular complexity index is 1480. The molecule has 2 aliphatic rings. The zero-order valence-corrected chi connectivity index (χ0v) is 17.8. The normalized spacial score (nSPS) is 21.2. The van der Waals surface area contributed by atoms with Crippen molar-refractivity contribution in [2.45, 2.75) is 12.5 Å². The Kier molecular flexibility index (Phi) is 3.52. The minimum atomic E-state index is 0.564. The van der Waals surface area contributed by atoms with E-state index >= 15 is 0 Å². The van der Waals surface area contributed by atoms with Gasteiger partial charge in [0.2, 0.25) is 5.95 Å². The Balaban J connectivity index is 1.42. The molecule has 2 unspecified atom stereocenters. The summed E-state index contributed by atoms with van der Waals surface area (Å²) in [6.07, 6.45) is 8.98. The molecule has 2 saturated heterocycles. The van der Waals surface area contributed by atoms with Crippen LogP contribution in [-0.2, 0) is 7.05 Å². The second kappa shape index (κ2) is 6.21. The molecule has 31 heavy (non-hydrogen) atoms. The number of aromatic nitrogens is 6. The molecule has 0 spiro atoms. The first kappa shape index (κ1) is 17.6. The number of nitrogens with zero attached hydrogens (tertiary/aromatic N) is 6. The smallest absolute Gasteiger partial charge is 0.213 e. The summed E-state index contributed by atoms with van der Waals surface area (Å²) in [5.41, 5.74) is 4.56. The van der Waals surface area contributed by atoms with Crippen LogP contribution in [0, 0.1) is 5.92 Å². The number of H-pyrrole nitrogens is 1. The van der Waals surface area contributed by atoms with Gasteiger partial charge in [0, 0.05) is 67.5 Å². The van der Waals surface area contributed by atoms with Crippen LogP contribution in [-0.4, -0.2) is 54.8 Å². The fourth-order valence-electron chi connectivity index (χ4n) is 5.15. The van der Waals surface area contributed by atoms with E-state index in [0.717, 1.165) is 70.2 Å². The highest BCUT2D eigenvalue weighted by Gasteiger charge is 2.36. The number of anilines is 1. The molecule has 4 aromatic heterocycles. The lowest BCUT2D eigenvalue weighted by atomic mass is 9.85. The number of hydrogen-bond donors (Lipinski definition) is 2. The summed E-state index contributed by atoms with van der Waals surface area (Å²) >= 11 is 6.83. The molecular weight excluding hydrogens is 412 g/mol. The lowest BCUT2D eigenvalue weighted by Gasteiger charge is -2.46. The summed E-state index contributed by atoms with van der Waals surface area (Å²) in [7, 11) is 1.91. The largest absolute Gasteiger partial charge is 0.345 e. The van der Waals surface area contributed by atoms with E-state index in [4.69, 9.17) is 21.6 Å². The second-order valence-corrected chi connectivity index (χ2v) is 9.01. The van der Waals surface area contributed by atoms with Gasteiger partial charge in [0.05, 0.1) is 15.9 Å². The molecule has 8 nitrogen and oxygen atoms in total. The van der Waals surface area contributed by atoms with Crippen LogP contribution in [0.15, 0.2) is 36.9 Å². The molecule has 0 aliphatic carbocycles. The quantitative estimate of drug-likeness (QED) is 0.448. The first-order valence-corrected chi connectivity index (χ1v) is 11.0. The summed E-state index contributed by atoms with van der Waals surface area (Å²) in [4.78, 5) is 15.5. The van der Waals surface area contributed by atoms with E-state index in [1.54, 1.807) is 4.68 Å². The van der Waals surface area contributed by atoms with Crippen molar-refractivity contribution in [2.75, 3.05) is 24.5 Å². The third-order valence-corrected chi connectivity index (χ3v) is 7.27. The summed E-state index contributed by atoms with van der Waals surface area (Å²) in [5.74, 6) is 1.74. The van der Waals surface area contributed by atoms with Crippen LogP contribution in [0.25, 0.3) is 38.7 Å². The lowest BCUT2D eigenvalue weighted by molar-refractivity contribution is 0.196. The van der Waals surface area contributed by atoms with Crippen molar-refractivity contribution in [1.29, 1.82) is 0 Å². The number of hydrogen-bond acceptors (Lipinski definition) is 5. The Hall–Kier alpha value is -3.10. The van der Waals surface area contributed by atoms with E-state index in [-0.39, 0.29) is 0 Å². The van der Waals surface area contributed by atoms with Gasteiger partial charge in [0.25, 0.3) is 0 Å². The van der Waals surface area contributed by atoms with Crippen LogP contribution in [0.2, 0.25) is 5.02 Å². The van der Waals surface area contributed by atoms with Crippen molar-refractivity contribution >= 4 is 45.1 Å². The molecule has 5 aromatic rings. The highest BCUT2D eigenvalue weighted by Crippen LogP contribution is 2.39. The van der Waals surface area contributed by atoms with E-state index in [1.807, 2.05) is 44.0 Å². The van der Waals surface area contributed by atoms with Gasteiger partial charge in [-0.15, -0.1) is 0 Å². The summed E-state index contributed by atoms with van der Waals surface area (Å²) < 4.78 is 3.89. The van der Waals surface area contributed by atoms with Crippen LogP contribution in [0.3, 0.4) is 0 Å². The number of benzene rings is 1. The number of halogens is 1. The minimum Gasteiger partial charge on any atom is -0.345 e. The number of aromatic amines is 1. The Morgan fingerprint density at radius 1 is 1.23 bits per heavy atom. The molecule has 2 atom stereocenters. The topological polar surface area (TPSA) is 79.1 Å². The van der Waals surface area contributed by atoms with Gasteiger partial charge in [-0.3, -0.25) is 9.08 Å². The third kappa shape index (κ3) is 2.43. The molecule has 0 bridgehead atoms.